The number of carbonyl (C=O) groups is 1. The third-order valence-electron chi connectivity index (χ3n) is 5.82. The van der Waals surface area contributed by atoms with Crippen LogP contribution in [0.5, 0.6) is 5.75 Å². The summed E-state index contributed by atoms with van der Waals surface area (Å²) in [5.74, 6) is 0.921. The molecule has 2 aromatic rings. The second-order valence-corrected chi connectivity index (χ2v) is 7.56. The van der Waals surface area contributed by atoms with Gasteiger partial charge in [0.2, 0.25) is 5.91 Å². The van der Waals surface area contributed by atoms with Gasteiger partial charge >= 0.3 is 0 Å². The van der Waals surface area contributed by atoms with Crippen molar-refractivity contribution in [2.24, 2.45) is 0 Å². The highest BCUT2D eigenvalue weighted by Gasteiger charge is 2.41. The van der Waals surface area contributed by atoms with Gasteiger partial charge in [-0.25, -0.2) is 0 Å². The van der Waals surface area contributed by atoms with E-state index in [0.717, 1.165) is 29.8 Å². The minimum atomic E-state index is -0.529. The Bertz CT molecular complexity index is 745. The summed E-state index contributed by atoms with van der Waals surface area (Å²) < 4.78 is 11.5. The first kappa shape index (κ1) is 18.1. The number of benzene rings is 2. The molecular formula is C23H27NO3. The summed E-state index contributed by atoms with van der Waals surface area (Å²) in [7, 11) is 0. The van der Waals surface area contributed by atoms with Crippen molar-refractivity contribution in [2.45, 2.75) is 50.0 Å². The molecule has 1 saturated heterocycles. The molecule has 4 nitrogen and oxygen atoms in total. The summed E-state index contributed by atoms with van der Waals surface area (Å²) in [4.78, 5) is 13.3. The molecule has 0 unspecified atom stereocenters. The van der Waals surface area contributed by atoms with E-state index in [4.69, 9.17) is 9.47 Å². The number of rotatable bonds is 5. The van der Waals surface area contributed by atoms with Crippen LogP contribution < -0.4 is 10.1 Å². The molecule has 27 heavy (non-hydrogen) atoms. The van der Waals surface area contributed by atoms with Crippen LogP contribution >= 0.6 is 0 Å². The van der Waals surface area contributed by atoms with E-state index in [0.29, 0.717) is 32.2 Å². The van der Waals surface area contributed by atoms with E-state index in [9.17, 15) is 4.79 Å². The SMILES string of the molecule is O=C(Nc1ccc(OC2CCCC2)cc1)C1(c2ccccc2)CCOCC1. The van der Waals surface area contributed by atoms with Crippen LogP contribution in [-0.4, -0.2) is 25.2 Å². The van der Waals surface area contributed by atoms with Crippen LogP contribution in [0.3, 0.4) is 0 Å². The van der Waals surface area contributed by atoms with E-state index < -0.39 is 5.41 Å². The number of carbonyl (C=O) groups excluding carboxylic acids is 1. The van der Waals surface area contributed by atoms with Gasteiger partial charge in [-0.05, 0) is 68.4 Å². The van der Waals surface area contributed by atoms with E-state index in [1.165, 1.54) is 12.8 Å². The quantitative estimate of drug-likeness (QED) is 0.836. The molecule has 0 spiro atoms. The molecule has 1 aliphatic heterocycles. The maximum absolute atomic E-state index is 13.3. The van der Waals surface area contributed by atoms with Gasteiger partial charge in [0.1, 0.15) is 5.75 Å². The van der Waals surface area contributed by atoms with Gasteiger partial charge in [0.25, 0.3) is 0 Å². The third-order valence-corrected chi connectivity index (χ3v) is 5.82. The normalized spacial score (nSPS) is 19.6. The van der Waals surface area contributed by atoms with E-state index >= 15 is 0 Å². The Morgan fingerprint density at radius 3 is 2.30 bits per heavy atom. The average Bonchev–Trinajstić information content (AvgIpc) is 3.24. The van der Waals surface area contributed by atoms with Gasteiger partial charge in [-0.1, -0.05) is 30.3 Å². The molecule has 0 aromatic heterocycles. The van der Waals surface area contributed by atoms with Crippen LogP contribution in [-0.2, 0) is 14.9 Å². The van der Waals surface area contributed by atoms with Gasteiger partial charge in [0, 0.05) is 18.9 Å². The van der Waals surface area contributed by atoms with Crippen LogP contribution in [0.15, 0.2) is 54.6 Å². The zero-order chi connectivity index (χ0) is 18.5. The van der Waals surface area contributed by atoms with Crippen molar-refractivity contribution in [3.8, 4) is 5.75 Å². The highest BCUT2D eigenvalue weighted by atomic mass is 16.5. The summed E-state index contributed by atoms with van der Waals surface area (Å²) in [6.07, 6.45) is 6.53. The topological polar surface area (TPSA) is 47.6 Å². The highest BCUT2D eigenvalue weighted by molar-refractivity contribution is 5.99. The summed E-state index contributed by atoms with van der Waals surface area (Å²) in [5.41, 5.74) is 1.34. The van der Waals surface area contributed by atoms with E-state index in [1.54, 1.807) is 0 Å². The predicted molar refractivity (Wildman–Crippen MR) is 106 cm³/mol. The molecule has 4 rings (SSSR count). The molecule has 1 heterocycles. The summed E-state index contributed by atoms with van der Waals surface area (Å²) in [5, 5.41) is 3.12. The number of amides is 1. The van der Waals surface area contributed by atoms with Crippen LogP contribution in [0.4, 0.5) is 5.69 Å². The number of hydrogen-bond acceptors (Lipinski definition) is 3. The van der Waals surface area contributed by atoms with E-state index in [-0.39, 0.29) is 5.91 Å². The Labute approximate surface area is 160 Å². The molecule has 142 valence electrons. The van der Waals surface area contributed by atoms with Crippen LogP contribution in [0.25, 0.3) is 0 Å². The standard InChI is InChI=1S/C23H27NO3/c25-22(23(14-16-26-17-15-23)18-6-2-1-3-7-18)24-19-10-12-21(13-11-19)27-20-8-4-5-9-20/h1-3,6-7,10-13,20H,4-5,8-9,14-17H2,(H,24,25). The third kappa shape index (κ3) is 4.01. The molecule has 0 bridgehead atoms. The molecule has 1 saturated carbocycles. The lowest BCUT2D eigenvalue weighted by Crippen LogP contribution is -2.44. The molecule has 1 N–H and O–H groups in total. The Morgan fingerprint density at radius 2 is 1.63 bits per heavy atom. The summed E-state index contributed by atoms with van der Waals surface area (Å²) in [6, 6.07) is 17.8. The summed E-state index contributed by atoms with van der Waals surface area (Å²) >= 11 is 0. The maximum atomic E-state index is 13.3. The molecular weight excluding hydrogens is 338 g/mol. The van der Waals surface area contributed by atoms with Crippen molar-refractivity contribution >= 4 is 11.6 Å². The Balaban J connectivity index is 1.47. The predicted octanol–water partition coefficient (Wildman–Crippen LogP) is 4.69. The average molecular weight is 365 g/mol. The number of ether oxygens (including phenoxy) is 2. The fraction of sp³-hybridized carbons (Fsp3) is 0.435. The Morgan fingerprint density at radius 1 is 0.963 bits per heavy atom. The zero-order valence-electron chi connectivity index (χ0n) is 15.7. The molecule has 0 atom stereocenters. The summed E-state index contributed by atoms with van der Waals surface area (Å²) in [6.45, 7) is 1.22. The molecule has 2 fully saturated rings. The molecule has 1 amide bonds. The molecule has 2 aliphatic rings. The van der Waals surface area contributed by atoms with E-state index in [1.807, 2.05) is 54.6 Å². The van der Waals surface area contributed by atoms with Crippen molar-refractivity contribution in [1.29, 1.82) is 0 Å². The Kier molecular flexibility index (Phi) is 5.44. The van der Waals surface area contributed by atoms with Crippen molar-refractivity contribution in [3.63, 3.8) is 0 Å². The Hall–Kier alpha value is -2.33. The monoisotopic (exact) mass is 365 g/mol. The van der Waals surface area contributed by atoms with Crippen molar-refractivity contribution < 1.29 is 14.3 Å². The molecule has 2 aromatic carbocycles. The maximum Gasteiger partial charge on any atom is 0.235 e. The van der Waals surface area contributed by atoms with Gasteiger partial charge in [-0.15, -0.1) is 0 Å². The molecule has 0 radical (unpaired) electrons. The minimum Gasteiger partial charge on any atom is -0.490 e. The van der Waals surface area contributed by atoms with Gasteiger partial charge in [0.05, 0.1) is 11.5 Å². The first-order valence-corrected chi connectivity index (χ1v) is 9.98. The molecule has 4 heteroatoms. The lowest BCUT2D eigenvalue weighted by Gasteiger charge is -2.36. The van der Waals surface area contributed by atoms with Gasteiger partial charge < -0.3 is 14.8 Å². The lowest BCUT2D eigenvalue weighted by atomic mass is 9.73. The fourth-order valence-electron chi connectivity index (χ4n) is 4.19. The minimum absolute atomic E-state index is 0.0430. The largest absolute Gasteiger partial charge is 0.490 e. The van der Waals surface area contributed by atoms with Crippen molar-refractivity contribution in [1.82, 2.24) is 0 Å². The first-order chi connectivity index (χ1) is 13.3. The van der Waals surface area contributed by atoms with Gasteiger partial charge in [-0.3, -0.25) is 4.79 Å². The second kappa shape index (κ2) is 8.13. The van der Waals surface area contributed by atoms with Crippen molar-refractivity contribution in [3.05, 3.63) is 60.2 Å². The highest BCUT2D eigenvalue weighted by Crippen LogP contribution is 2.36. The molecule has 1 aliphatic carbocycles. The van der Waals surface area contributed by atoms with Gasteiger partial charge in [-0.2, -0.15) is 0 Å². The smallest absolute Gasteiger partial charge is 0.235 e. The number of anilines is 1. The van der Waals surface area contributed by atoms with Crippen LogP contribution in [0.2, 0.25) is 0 Å². The lowest BCUT2D eigenvalue weighted by molar-refractivity contribution is -0.125. The van der Waals surface area contributed by atoms with E-state index in [2.05, 4.69) is 5.32 Å². The number of hydrogen-bond donors (Lipinski definition) is 1. The van der Waals surface area contributed by atoms with Crippen molar-refractivity contribution in [2.75, 3.05) is 18.5 Å². The first-order valence-electron chi connectivity index (χ1n) is 9.98. The van der Waals surface area contributed by atoms with Crippen LogP contribution in [0.1, 0.15) is 44.1 Å². The van der Waals surface area contributed by atoms with Gasteiger partial charge in [0.15, 0.2) is 0 Å². The fourth-order valence-corrected chi connectivity index (χ4v) is 4.19. The second-order valence-electron chi connectivity index (χ2n) is 7.56. The van der Waals surface area contributed by atoms with Crippen LogP contribution in [0, 0.1) is 0 Å². The zero-order valence-corrected chi connectivity index (χ0v) is 15.7. The number of nitrogens with one attached hydrogen (secondary N) is 1.